The Bertz CT molecular complexity index is 603. The number of carbonyl (C=O) groups is 1. The molecule has 0 amide bonds. The number of azide groups is 1. The van der Waals surface area contributed by atoms with E-state index in [1.54, 1.807) is 0 Å². The van der Waals surface area contributed by atoms with E-state index in [0.29, 0.717) is 25.8 Å². The number of aliphatic carboxylic acids is 1. The fraction of sp³-hybridized carbons (Fsp3) is 0.357. The van der Waals surface area contributed by atoms with Crippen LogP contribution in [0.5, 0.6) is 0 Å². The van der Waals surface area contributed by atoms with Crippen LogP contribution in [-0.2, 0) is 10.2 Å². The number of rotatable bonds is 4. The normalized spacial score (nSPS) is 14.7. The Labute approximate surface area is 110 Å². The molecule has 0 spiro atoms. The third-order valence-electron chi connectivity index (χ3n) is 3.23. The van der Waals surface area contributed by atoms with Gasteiger partial charge in [0.2, 0.25) is 0 Å². The largest absolute Gasteiger partial charge is 0.481 e. The van der Waals surface area contributed by atoms with Crippen LogP contribution in [0, 0.1) is 11.8 Å². The van der Waals surface area contributed by atoms with E-state index in [9.17, 15) is 9.90 Å². The molecular formula is C14H13N3O2. The third-order valence-corrected chi connectivity index (χ3v) is 3.23. The highest BCUT2D eigenvalue weighted by molar-refractivity contribution is 5.86. The van der Waals surface area contributed by atoms with Crippen LogP contribution in [0.3, 0.4) is 0 Å². The van der Waals surface area contributed by atoms with E-state index >= 15 is 0 Å². The molecule has 5 nitrogen and oxygen atoms in total. The lowest BCUT2D eigenvalue weighted by Crippen LogP contribution is -2.20. The predicted octanol–water partition coefficient (Wildman–Crippen LogP) is 2.85. The molecule has 1 fully saturated rings. The van der Waals surface area contributed by atoms with Gasteiger partial charge in [0.15, 0.2) is 0 Å². The molecule has 0 aliphatic heterocycles. The van der Waals surface area contributed by atoms with E-state index in [1.807, 2.05) is 24.3 Å². The van der Waals surface area contributed by atoms with Crippen molar-refractivity contribution < 1.29 is 9.90 Å². The molecule has 1 aromatic rings. The zero-order chi connectivity index (χ0) is 13.7. The molecule has 1 N–H and O–H groups in total. The topological polar surface area (TPSA) is 86.1 Å². The molecule has 0 aromatic heterocycles. The van der Waals surface area contributed by atoms with E-state index in [1.165, 1.54) is 0 Å². The molecule has 0 heterocycles. The Morgan fingerprint density at radius 2 is 2.21 bits per heavy atom. The molecule has 1 aromatic carbocycles. The van der Waals surface area contributed by atoms with Gasteiger partial charge in [-0.1, -0.05) is 35.2 Å². The van der Waals surface area contributed by atoms with Gasteiger partial charge in [-0.25, -0.2) is 0 Å². The highest BCUT2D eigenvalue weighted by Crippen LogP contribution is 2.49. The Hall–Kier alpha value is -2.44. The first-order chi connectivity index (χ1) is 9.20. The van der Waals surface area contributed by atoms with E-state index < -0.39 is 11.4 Å². The maximum atomic E-state index is 11.3. The van der Waals surface area contributed by atoms with E-state index in [0.717, 1.165) is 11.1 Å². The monoisotopic (exact) mass is 255 g/mol. The van der Waals surface area contributed by atoms with Crippen LogP contribution in [-0.4, -0.2) is 17.6 Å². The number of carboxylic acids is 1. The second-order valence-electron chi connectivity index (χ2n) is 4.44. The van der Waals surface area contributed by atoms with Crippen molar-refractivity contribution >= 4 is 5.97 Å². The number of hydrogen-bond donors (Lipinski definition) is 1. The SMILES string of the molecule is [N-]=[N+]=NCCC#Cc1ccccc1C1(C(=O)O)CC1. The summed E-state index contributed by atoms with van der Waals surface area (Å²) < 4.78 is 0. The molecule has 0 atom stereocenters. The first-order valence-electron chi connectivity index (χ1n) is 6.03. The molecule has 96 valence electrons. The van der Waals surface area contributed by atoms with Crippen molar-refractivity contribution in [3.63, 3.8) is 0 Å². The lowest BCUT2D eigenvalue weighted by molar-refractivity contribution is -0.140. The lowest BCUT2D eigenvalue weighted by atomic mass is 9.91. The summed E-state index contributed by atoms with van der Waals surface area (Å²) in [6.07, 6.45) is 1.80. The summed E-state index contributed by atoms with van der Waals surface area (Å²) in [4.78, 5) is 14.0. The fourth-order valence-electron chi connectivity index (χ4n) is 2.04. The van der Waals surface area contributed by atoms with Crippen LogP contribution in [0.1, 0.15) is 30.4 Å². The van der Waals surface area contributed by atoms with Crippen LogP contribution in [0.25, 0.3) is 10.4 Å². The van der Waals surface area contributed by atoms with Crippen molar-refractivity contribution in [2.75, 3.05) is 6.54 Å². The quantitative estimate of drug-likeness (QED) is 0.295. The summed E-state index contributed by atoms with van der Waals surface area (Å²) >= 11 is 0. The van der Waals surface area contributed by atoms with Crippen molar-refractivity contribution in [2.45, 2.75) is 24.7 Å². The average molecular weight is 255 g/mol. The standard InChI is InChI=1S/C14H13N3O2/c15-17-16-10-4-3-6-11-5-1-2-7-12(11)14(8-9-14)13(18)19/h1-2,5,7H,4,8-10H2,(H,18,19). The Morgan fingerprint density at radius 3 is 2.84 bits per heavy atom. The van der Waals surface area contributed by atoms with Crippen molar-refractivity contribution in [2.24, 2.45) is 5.11 Å². The highest BCUT2D eigenvalue weighted by Gasteiger charge is 2.52. The van der Waals surface area contributed by atoms with Crippen molar-refractivity contribution in [1.29, 1.82) is 0 Å². The molecular weight excluding hydrogens is 242 g/mol. The van der Waals surface area contributed by atoms with Gasteiger partial charge in [-0.2, -0.15) is 0 Å². The van der Waals surface area contributed by atoms with Crippen LogP contribution >= 0.6 is 0 Å². The third kappa shape index (κ3) is 2.70. The van der Waals surface area contributed by atoms with Gasteiger partial charge in [0.05, 0.1) is 5.41 Å². The summed E-state index contributed by atoms with van der Waals surface area (Å²) in [5.74, 6) is 5.10. The van der Waals surface area contributed by atoms with Gasteiger partial charge in [0, 0.05) is 23.4 Å². The Morgan fingerprint density at radius 1 is 1.47 bits per heavy atom. The zero-order valence-corrected chi connectivity index (χ0v) is 10.3. The molecule has 2 rings (SSSR count). The summed E-state index contributed by atoms with van der Waals surface area (Å²) in [6.45, 7) is 0.329. The number of carboxylic acid groups (broad SMARTS) is 1. The summed E-state index contributed by atoms with van der Waals surface area (Å²) in [5, 5.41) is 12.7. The summed E-state index contributed by atoms with van der Waals surface area (Å²) in [5.41, 5.74) is 8.95. The van der Waals surface area contributed by atoms with Crippen LogP contribution in [0.2, 0.25) is 0 Å². The average Bonchev–Trinajstić information content (AvgIpc) is 3.20. The van der Waals surface area contributed by atoms with Gasteiger partial charge < -0.3 is 5.11 Å². The van der Waals surface area contributed by atoms with E-state index in [4.69, 9.17) is 5.53 Å². The van der Waals surface area contributed by atoms with Gasteiger partial charge >= 0.3 is 5.97 Å². The molecule has 0 saturated heterocycles. The predicted molar refractivity (Wildman–Crippen MR) is 70.5 cm³/mol. The van der Waals surface area contributed by atoms with Gasteiger partial charge in [-0.3, -0.25) is 4.79 Å². The smallest absolute Gasteiger partial charge is 0.314 e. The van der Waals surface area contributed by atoms with Crippen molar-refractivity contribution in [1.82, 2.24) is 0 Å². The number of benzene rings is 1. The van der Waals surface area contributed by atoms with E-state index in [-0.39, 0.29) is 0 Å². The molecule has 19 heavy (non-hydrogen) atoms. The van der Waals surface area contributed by atoms with Gasteiger partial charge in [0.25, 0.3) is 0 Å². The number of hydrogen-bond acceptors (Lipinski definition) is 2. The molecule has 1 saturated carbocycles. The molecule has 5 heteroatoms. The highest BCUT2D eigenvalue weighted by atomic mass is 16.4. The minimum absolute atomic E-state index is 0.329. The molecule has 1 aliphatic rings. The second kappa shape index (κ2) is 5.47. The van der Waals surface area contributed by atoms with E-state index in [2.05, 4.69) is 21.9 Å². The molecule has 0 radical (unpaired) electrons. The summed E-state index contributed by atoms with van der Waals surface area (Å²) in [6, 6.07) is 7.35. The first-order valence-corrected chi connectivity index (χ1v) is 6.03. The van der Waals surface area contributed by atoms with Crippen molar-refractivity contribution in [3.8, 4) is 11.8 Å². The lowest BCUT2D eigenvalue weighted by Gasteiger charge is -2.12. The maximum Gasteiger partial charge on any atom is 0.314 e. The second-order valence-corrected chi connectivity index (χ2v) is 4.44. The van der Waals surface area contributed by atoms with Crippen LogP contribution in [0.15, 0.2) is 29.4 Å². The van der Waals surface area contributed by atoms with Gasteiger partial charge in [-0.15, -0.1) is 0 Å². The zero-order valence-electron chi connectivity index (χ0n) is 10.3. The van der Waals surface area contributed by atoms with Gasteiger partial charge in [0.1, 0.15) is 0 Å². The van der Waals surface area contributed by atoms with Crippen LogP contribution < -0.4 is 0 Å². The molecule has 0 unspecified atom stereocenters. The number of nitrogens with zero attached hydrogens (tertiary/aromatic N) is 3. The maximum absolute atomic E-state index is 11.3. The minimum Gasteiger partial charge on any atom is -0.481 e. The molecule has 0 bridgehead atoms. The van der Waals surface area contributed by atoms with Crippen molar-refractivity contribution in [3.05, 3.63) is 45.8 Å². The Balaban J connectivity index is 2.22. The first kappa shape index (κ1) is 13.0. The Kier molecular flexibility index (Phi) is 3.74. The van der Waals surface area contributed by atoms with Crippen LogP contribution in [0.4, 0.5) is 0 Å². The summed E-state index contributed by atoms with van der Waals surface area (Å²) in [7, 11) is 0. The van der Waals surface area contributed by atoms with Gasteiger partial charge in [-0.05, 0) is 30.0 Å². The fourth-order valence-corrected chi connectivity index (χ4v) is 2.04. The molecule has 1 aliphatic carbocycles. The minimum atomic E-state index is -0.782.